The first-order chi connectivity index (χ1) is 9.56. The normalized spacial score (nSPS) is 23.2. The third-order valence-corrected chi connectivity index (χ3v) is 4.41. The third kappa shape index (κ3) is 2.13. The molecular formula is C15H20N4O. The van der Waals surface area contributed by atoms with Crippen molar-refractivity contribution in [2.45, 2.75) is 20.3 Å². The second-order valence-electron chi connectivity index (χ2n) is 5.87. The number of nitrogen functional groups attached to an aromatic ring is 1. The summed E-state index contributed by atoms with van der Waals surface area (Å²) in [6.45, 7) is 6.06. The van der Waals surface area contributed by atoms with Gasteiger partial charge in [-0.1, -0.05) is 13.8 Å². The van der Waals surface area contributed by atoms with Crippen molar-refractivity contribution in [2.24, 2.45) is 11.8 Å². The maximum absolute atomic E-state index is 12.6. The molecule has 1 aromatic heterocycles. The van der Waals surface area contributed by atoms with Gasteiger partial charge in [0.1, 0.15) is 0 Å². The number of likely N-dealkylation sites (tertiary alicyclic amines) is 1. The van der Waals surface area contributed by atoms with Crippen molar-refractivity contribution in [1.29, 1.82) is 0 Å². The van der Waals surface area contributed by atoms with Gasteiger partial charge >= 0.3 is 0 Å². The summed E-state index contributed by atoms with van der Waals surface area (Å²) in [6, 6.07) is 5.47. The quantitative estimate of drug-likeness (QED) is 0.782. The van der Waals surface area contributed by atoms with Gasteiger partial charge in [0, 0.05) is 24.2 Å². The van der Waals surface area contributed by atoms with E-state index in [1.807, 2.05) is 17.0 Å². The summed E-state index contributed by atoms with van der Waals surface area (Å²) in [5.74, 6) is 1.20. The van der Waals surface area contributed by atoms with E-state index >= 15 is 0 Å². The molecule has 1 aromatic carbocycles. The van der Waals surface area contributed by atoms with Crippen LogP contribution in [0.25, 0.3) is 10.9 Å². The molecule has 1 fully saturated rings. The molecule has 0 saturated carbocycles. The number of H-pyrrole nitrogens is 1. The first-order valence-electron chi connectivity index (χ1n) is 7.09. The highest BCUT2D eigenvalue weighted by Crippen LogP contribution is 2.25. The number of amides is 1. The molecule has 2 aromatic rings. The summed E-state index contributed by atoms with van der Waals surface area (Å²) in [7, 11) is 0. The minimum Gasteiger partial charge on any atom is -0.399 e. The predicted molar refractivity (Wildman–Crippen MR) is 79.4 cm³/mol. The van der Waals surface area contributed by atoms with Crippen molar-refractivity contribution in [3.05, 3.63) is 23.9 Å². The Balaban J connectivity index is 1.91. The van der Waals surface area contributed by atoms with E-state index in [1.54, 1.807) is 6.07 Å². The van der Waals surface area contributed by atoms with Gasteiger partial charge < -0.3 is 10.6 Å². The molecule has 20 heavy (non-hydrogen) atoms. The molecule has 1 amide bonds. The topological polar surface area (TPSA) is 75.0 Å². The van der Waals surface area contributed by atoms with Crippen molar-refractivity contribution in [2.75, 3.05) is 18.8 Å². The summed E-state index contributed by atoms with van der Waals surface area (Å²) < 4.78 is 0. The van der Waals surface area contributed by atoms with Crippen LogP contribution in [0.4, 0.5) is 5.69 Å². The fourth-order valence-electron chi connectivity index (χ4n) is 2.79. The summed E-state index contributed by atoms with van der Waals surface area (Å²) in [5, 5.41) is 7.89. The molecule has 2 heterocycles. The number of fused-ring (bicyclic) bond motifs is 1. The molecule has 3 N–H and O–H groups in total. The van der Waals surface area contributed by atoms with E-state index in [2.05, 4.69) is 24.0 Å². The van der Waals surface area contributed by atoms with E-state index in [4.69, 9.17) is 5.73 Å². The van der Waals surface area contributed by atoms with Gasteiger partial charge in [-0.05, 0) is 36.5 Å². The number of piperidine rings is 1. The molecule has 106 valence electrons. The maximum atomic E-state index is 12.6. The molecule has 2 unspecified atom stereocenters. The molecule has 3 rings (SSSR count). The van der Waals surface area contributed by atoms with E-state index in [-0.39, 0.29) is 5.91 Å². The number of hydrogen-bond acceptors (Lipinski definition) is 3. The molecule has 0 bridgehead atoms. The van der Waals surface area contributed by atoms with E-state index in [1.165, 1.54) is 0 Å². The highest BCUT2D eigenvalue weighted by Gasteiger charge is 2.28. The largest absolute Gasteiger partial charge is 0.399 e. The van der Waals surface area contributed by atoms with Crippen LogP contribution in [0, 0.1) is 11.8 Å². The second-order valence-corrected chi connectivity index (χ2v) is 5.87. The minimum absolute atomic E-state index is 0.000556. The van der Waals surface area contributed by atoms with Crippen LogP contribution < -0.4 is 5.73 Å². The zero-order chi connectivity index (χ0) is 14.3. The molecule has 0 radical (unpaired) electrons. The molecular weight excluding hydrogens is 252 g/mol. The number of nitrogens with two attached hydrogens (primary N) is 1. The van der Waals surface area contributed by atoms with E-state index in [0.717, 1.165) is 30.4 Å². The van der Waals surface area contributed by atoms with Gasteiger partial charge in [0.05, 0.1) is 5.52 Å². The van der Waals surface area contributed by atoms with Gasteiger partial charge in [-0.3, -0.25) is 9.89 Å². The van der Waals surface area contributed by atoms with Crippen LogP contribution in [0.2, 0.25) is 0 Å². The van der Waals surface area contributed by atoms with Crippen LogP contribution >= 0.6 is 0 Å². The summed E-state index contributed by atoms with van der Waals surface area (Å²) in [4.78, 5) is 14.5. The van der Waals surface area contributed by atoms with Gasteiger partial charge in [-0.25, -0.2) is 0 Å². The fraction of sp³-hybridized carbons (Fsp3) is 0.467. The Kier molecular flexibility index (Phi) is 3.12. The second kappa shape index (κ2) is 4.81. The Labute approximate surface area is 118 Å². The number of benzene rings is 1. The van der Waals surface area contributed by atoms with Crippen molar-refractivity contribution in [3.8, 4) is 0 Å². The Bertz CT molecular complexity index is 648. The van der Waals surface area contributed by atoms with Crippen molar-refractivity contribution < 1.29 is 4.79 Å². The Hall–Kier alpha value is -2.04. The number of carbonyl (C=O) groups is 1. The number of aromatic amines is 1. The zero-order valence-electron chi connectivity index (χ0n) is 11.9. The zero-order valence-corrected chi connectivity index (χ0v) is 11.9. The van der Waals surface area contributed by atoms with Crippen LogP contribution in [0.1, 0.15) is 30.8 Å². The number of carbonyl (C=O) groups excluding carboxylic acids is 1. The first kappa shape index (κ1) is 13.0. The molecule has 1 saturated heterocycles. The van der Waals surface area contributed by atoms with E-state index in [0.29, 0.717) is 23.2 Å². The van der Waals surface area contributed by atoms with Crippen molar-refractivity contribution in [1.82, 2.24) is 15.1 Å². The van der Waals surface area contributed by atoms with Gasteiger partial charge in [-0.2, -0.15) is 5.10 Å². The average Bonchev–Trinajstić information content (AvgIpc) is 2.84. The van der Waals surface area contributed by atoms with Crippen LogP contribution in [-0.4, -0.2) is 34.1 Å². The lowest BCUT2D eigenvalue weighted by atomic mass is 9.88. The Morgan fingerprint density at radius 1 is 1.40 bits per heavy atom. The predicted octanol–water partition coefficient (Wildman–Crippen LogP) is 2.26. The summed E-state index contributed by atoms with van der Waals surface area (Å²) >= 11 is 0. The number of anilines is 1. The van der Waals surface area contributed by atoms with Crippen LogP contribution in [-0.2, 0) is 0 Å². The number of nitrogens with zero attached hydrogens (tertiary/aromatic N) is 2. The molecule has 0 aliphatic carbocycles. The molecule has 0 spiro atoms. The van der Waals surface area contributed by atoms with Gasteiger partial charge in [-0.15, -0.1) is 0 Å². The van der Waals surface area contributed by atoms with Crippen LogP contribution in [0.3, 0.4) is 0 Å². The van der Waals surface area contributed by atoms with E-state index in [9.17, 15) is 4.79 Å². The fourth-order valence-corrected chi connectivity index (χ4v) is 2.79. The van der Waals surface area contributed by atoms with Crippen LogP contribution in [0.15, 0.2) is 18.2 Å². The monoisotopic (exact) mass is 272 g/mol. The van der Waals surface area contributed by atoms with Crippen molar-refractivity contribution in [3.63, 3.8) is 0 Å². The van der Waals surface area contributed by atoms with Crippen LogP contribution in [0.5, 0.6) is 0 Å². The number of nitrogens with one attached hydrogen (secondary N) is 1. The third-order valence-electron chi connectivity index (χ3n) is 4.41. The highest BCUT2D eigenvalue weighted by atomic mass is 16.2. The van der Waals surface area contributed by atoms with Gasteiger partial charge in [0.2, 0.25) is 0 Å². The van der Waals surface area contributed by atoms with Gasteiger partial charge in [0.25, 0.3) is 5.91 Å². The standard InChI is InChI=1S/C15H20N4O/c1-9-5-6-19(8-10(9)2)15(20)14-12-7-11(16)3-4-13(12)17-18-14/h3-4,7,9-10H,5-6,8,16H2,1-2H3,(H,17,18). The molecule has 5 heteroatoms. The Morgan fingerprint density at radius 2 is 2.20 bits per heavy atom. The Morgan fingerprint density at radius 3 is 2.95 bits per heavy atom. The SMILES string of the molecule is CC1CCN(C(=O)c2n[nH]c3ccc(N)cc23)CC1C. The number of aromatic nitrogens is 2. The lowest BCUT2D eigenvalue weighted by Gasteiger charge is -2.34. The molecule has 2 atom stereocenters. The smallest absolute Gasteiger partial charge is 0.275 e. The summed E-state index contributed by atoms with van der Waals surface area (Å²) in [6.07, 6.45) is 1.05. The van der Waals surface area contributed by atoms with Gasteiger partial charge in [0.15, 0.2) is 5.69 Å². The average molecular weight is 272 g/mol. The highest BCUT2D eigenvalue weighted by molar-refractivity contribution is 6.05. The minimum atomic E-state index is 0.000556. The maximum Gasteiger partial charge on any atom is 0.275 e. The molecule has 5 nitrogen and oxygen atoms in total. The number of rotatable bonds is 1. The first-order valence-corrected chi connectivity index (χ1v) is 7.09. The lowest BCUT2D eigenvalue weighted by Crippen LogP contribution is -2.42. The summed E-state index contributed by atoms with van der Waals surface area (Å²) in [5.41, 5.74) is 7.78. The molecule has 1 aliphatic heterocycles. The lowest BCUT2D eigenvalue weighted by molar-refractivity contribution is 0.0623. The van der Waals surface area contributed by atoms with E-state index < -0.39 is 0 Å². The molecule has 1 aliphatic rings. The number of hydrogen-bond donors (Lipinski definition) is 2. The van der Waals surface area contributed by atoms with Crippen molar-refractivity contribution >= 4 is 22.5 Å².